The second-order valence-corrected chi connectivity index (χ2v) is 3.69. The maximum Gasteiger partial charge on any atom is 0.225 e. The lowest BCUT2D eigenvalue weighted by molar-refractivity contribution is -0.116. The summed E-state index contributed by atoms with van der Waals surface area (Å²) in [5.74, 6) is 0.637. The highest BCUT2D eigenvalue weighted by atomic mass is 35.5. The summed E-state index contributed by atoms with van der Waals surface area (Å²) in [5.41, 5.74) is 0.720. The zero-order valence-electron chi connectivity index (χ0n) is 10.1. The summed E-state index contributed by atoms with van der Waals surface area (Å²) in [7, 11) is 1.87. The van der Waals surface area contributed by atoms with Gasteiger partial charge in [-0.1, -0.05) is 0 Å². The molecular formula is C11H16ClN5O. The van der Waals surface area contributed by atoms with Gasteiger partial charge in [0.25, 0.3) is 0 Å². The summed E-state index contributed by atoms with van der Waals surface area (Å²) in [6, 6.07) is 3.52. The van der Waals surface area contributed by atoms with E-state index in [0.717, 1.165) is 18.6 Å². The Morgan fingerprint density at radius 1 is 1.39 bits per heavy atom. The summed E-state index contributed by atoms with van der Waals surface area (Å²) in [6.45, 7) is 0.834. The van der Waals surface area contributed by atoms with Crippen molar-refractivity contribution in [3.8, 4) is 0 Å². The maximum atomic E-state index is 11.7. The van der Waals surface area contributed by atoms with Gasteiger partial charge in [-0.05, 0) is 26.1 Å². The number of aromatic nitrogens is 3. The molecule has 18 heavy (non-hydrogen) atoms. The number of anilines is 1. The smallest absolute Gasteiger partial charge is 0.225 e. The van der Waals surface area contributed by atoms with E-state index in [1.165, 1.54) is 0 Å². The minimum atomic E-state index is -0.0109. The molecular weight excluding hydrogens is 254 g/mol. The van der Waals surface area contributed by atoms with Crippen LogP contribution in [0.1, 0.15) is 12.8 Å². The molecule has 0 fully saturated rings. The standard InChI is InChI=1S/C11H15N5O.ClH/c1-12-6-2-3-11(17)15-10-4-7-13-9-5-8-14-16(9)10;/h4-5,7-8,12H,2-3,6H2,1H3,(H,15,17);1H. The zero-order valence-corrected chi connectivity index (χ0v) is 10.9. The lowest BCUT2D eigenvalue weighted by Gasteiger charge is -2.06. The molecule has 2 rings (SSSR count). The number of amides is 1. The lowest BCUT2D eigenvalue weighted by atomic mass is 10.3. The molecule has 0 aliphatic rings. The molecule has 0 saturated heterocycles. The van der Waals surface area contributed by atoms with Crippen molar-refractivity contribution >= 4 is 29.8 Å². The van der Waals surface area contributed by atoms with Crippen molar-refractivity contribution in [2.45, 2.75) is 12.8 Å². The average Bonchev–Trinajstić information content (AvgIpc) is 2.78. The van der Waals surface area contributed by atoms with Crippen LogP contribution in [0.4, 0.5) is 5.82 Å². The van der Waals surface area contributed by atoms with Crippen LogP contribution in [0, 0.1) is 0 Å². The normalized spacial score (nSPS) is 10.1. The monoisotopic (exact) mass is 269 g/mol. The Morgan fingerprint density at radius 2 is 2.22 bits per heavy atom. The summed E-state index contributed by atoms with van der Waals surface area (Å²) < 4.78 is 1.61. The molecule has 0 saturated carbocycles. The van der Waals surface area contributed by atoms with Gasteiger partial charge in [-0.2, -0.15) is 9.61 Å². The van der Waals surface area contributed by atoms with Gasteiger partial charge in [0.2, 0.25) is 5.91 Å². The summed E-state index contributed by atoms with van der Waals surface area (Å²) in [6.07, 6.45) is 4.61. The van der Waals surface area contributed by atoms with E-state index in [1.807, 2.05) is 7.05 Å². The summed E-state index contributed by atoms with van der Waals surface area (Å²) in [4.78, 5) is 15.8. The van der Waals surface area contributed by atoms with Crippen molar-refractivity contribution in [1.29, 1.82) is 0 Å². The fourth-order valence-electron chi connectivity index (χ4n) is 1.56. The first kappa shape index (κ1) is 14.4. The van der Waals surface area contributed by atoms with Crippen LogP contribution in [-0.2, 0) is 4.79 Å². The van der Waals surface area contributed by atoms with E-state index in [1.54, 1.807) is 29.0 Å². The van der Waals surface area contributed by atoms with Crippen LogP contribution in [0.25, 0.3) is 5.65 Å². The number of hydrogen-bond acceptors (Lipinski definition) is 4. The van der Waals surface area contributed by atoms with Crippen LogP contribution in [0.15, 0.2) is 24.5 Å². The highest BCUT2D eigenvalue weighted by Gasteiger charge is 2.05. The van der Waals surface area contributed by atoms with Gasteiger partial charge in [0.15, 0.2) is 5.65 Å². The molecule has 0 bridgehead atoms. The molecule has 2 N–H and O–H groups in total. The first-order chi connectivity index (χ1) is 8.31. The average molecular weight is 270 g/mol. The van der Waals surface area contributed by atoms with Gasteiger partial charge in [0.1, 0.15) is 5.82 Å². The number of hydrogen-bond donors (Lipinski definition) is 2. The topological polar surface area (TPSA) is 71.3 Å². The molecule has 6 nitrogen and oxygen atoms in total. The van der Waals surface area contributed by atoms with Crippen LogP contribution in [0.5, 0.6) is 0 Å². The van der Waals surface area contributed by atoms with Gasteiger partial charge < -0.3 is 10.6 Å². The Morgan fingerprint density at radius 3 is 3.00 bits per heavy atom. The number of rotatable bonds is 5. The maximum absolute atomic E-state index is 11.7. The zero-order chi connectivity index (χ0) is 12.1. The Balaban J connectivity index is 0.00000162. The molecule has 0 spiro atoms. The molecule has 98 valence electrons. The van der Waals surface area contributed by atoms with Crippen LogP contribution in [0.3, 0.4) is 0 Å². The van der Waals surface area contributed by atoms with Gasteiger partial charge in [-0.25, -0.2) is 4.98 Å². The molecule has 0 unspecified atom stereocenters. The van der Waals surface area contributed by atoms with E-state index < -0.39 is 0 Å². The number of nitrogens with zero attached hydrogens (tertiary/aromatic N) is 3. The van der Waals surface area contributed by atoms with E-state index in [4.69, 9.17) is 0 Å². The fourth-order valence-corrected chi connectivity index (χ4v) is 1.56. The third kappa shape index (κ3) is 3.41. The third-order valence-corrected chi connectivity index (χ3v) is 2.39. The highest BCUT2D eigenvalue weighted by Crippen LogP contribution is 2.08. The molecule has 0 atom stereocenters. The quantitative estimate of drug-likeness (QED) is 0.797. The SMILES string of the molecule is CNCCCC(=O)Nc1ccnc2ccnn12.Cl. The number of halogens is 1. The molecule has 0 aliphatic heterocycles. The second-order valence-electron chi connectivity index (χ2n) is 3.69. The van der Waals surface area contributed by atoms with Crippen LogP contribution >= 0.6 is 12.4 Å². The van der Waals surface area contributed by atoms with E-state index in [0.29, 0.717) is 12.2 Å². The van der Waals surface area contributed by atoms with Crippen molar-refractivity contribution in [1.82, 2.24) is 19.9 Å². The molecule has 0 aliphatic carbocycles. The van der Waals surface area contributed by atoms with Gasteiger partial charge in [0.05, 0.1) is 6.20 Å². The molecule has 7 heteroatoms. The van der Waals surface area contributed by atoms with E-state index in [-0.39, 0.29) is 18.3 Å². The lowest BCUT2D eigenvalue weighted by Crippen LogP contribution is -2.17. The summed E-state index contributed by atoms with van der Waals surface area (Å²) >= 11 is 0. The van der Waals surface area contributed by atoms with Crippen molar-refractivity contribution in [2.75, 3.05) is 18.9 Å². The number of carbonyl (C=O) groups excluding carboxylic acids is 1. The number of fused-ring (bicyclic) bond motifs is 1. The Bertz CT molecular complexity index is 513. The number of nitrogens with one attached hydrogen (secondary N) is 2. The second kappa shape index (κ2) is 6.93. The molecule has 0 aromatic carbocycles. The first-order valence-electron chi connectivity index (χ1n) is 5.54. The minimum absolute atomic E-state index is 0. The molecule has 2 aromatic heterocycles. The van der Waals surface area contributed by atoms with E-state index in [9.17, 15) is 4.79 Å². The van der Waals surface area contributed by atoms with Gasteiger partial charge >= 0.3 is 0 Å². The van der Waals surface area contributed by atoms with E-state index in [2.05, 4.69) is 20.7 Å². The van der Waals surface area contributed by atoms with Crippen LogP contribution in [-0.4, -0.2) is 34.1 Å². The minimum Gasteiger partial charge on any atom is -0.320 e. The summed E-state index contributed by atoms with van der Waals surface area (Å²) in [5, 5.41) is 9.92. The fraction of sp³-hybridized carbons (Fsp3) is 0.364. The van der Waals surface area contributed by atoms with Crippen molar-refractivity contribution in [2.24, 2.45) is 0 Å². The van der Waals surface area contributed by atoms with Gasteiger partial charge in [-0.15, -0.1) is 12.4 Å². The van der Waals surface area contributed by atoms with E-state index >= 15 is 0 Å². The van der Waals surface area contributed by atoms with Crippen LogP contribution in [0.2, 0.25) is 0 Å². The molecule has 2 aromatic rings. The molecule has 0 radical (unpaired) electrons. The Labute approximate surface area is 111 Å². The van der Waals surface area contributed by atoms with Crippen LogP contribution < -0.4 is 10.6 Å². The largest absolute Gasteiger partial charge is 0.320 e. The first-order valence-corrected chi connectivity index (χ1v) is 5.54. The van der Waals surface area contributed by atoms with Crippen molar-refractivity contribution in [3.63, 3.8) is 0 Å². The number of carbonyl (C=O) groups is 1. The molecule has 2 heterocycles. The van der Waals surface area contributed by atoms with Crippen molar-refractivity contribution in [3.05, 3.63) is 24.5 Å². The predicted octanol–water partition coefficient (Wildman–Crippen LogP) is 1.09. The third-order valence-electron chi connectivity index (χ3n) is 2.39. The van der Waals surface area contributed by atoms with Crippen molar-refractivity contribution < 1.29 is 4.79 Å². The van der Waals surface area contributed by atoms with Gasteiger partial charge in [0, 0.05) is 18.7 Å². The Hall–Kier alpha value is -1.66. The highest BCUT2D eigenvalue weighted by molar-refractivity contribution is 5.90. The molecule has 1 amide bonds. The Kier molecular flexibility index (Phi) is 5.54. The predicted molar refractivity (Wildman–Crippen MR) is 72.0 cm³/mol. The van der Waals surface area contributed by atoms with Gasteiger partial charge in [-0.3, -0.25) is 4.79 Å².